The maximum absolute atomic E-state index is 12.4. The Labute approximate surface area is 126 Å². The number of carboxylic acid groups (broad SMARTS) is 1. The molecule has 1 aromatic heterocycles. The van der Waals surface area contributed by atoms with Crippen molar-refractivity contribution >= 4 is 21.9 Å². The first-order valence-electron chi connectivity index (χ1n) is 6.44. The van der Waals surface area contributed by atoms with Gasteiger partial charge in [-0.1, -0.05) is 0 Å². The number of ether oxygens (including phenoxy) is 1. The molecule has 0 saturated carbocycles. The van der Waals surface area contributed by atoms with Crippen LogP contribution in [-0.4, -0.2) is 56.1 Å². The lowest BCUT2D eigenvalue weighted by Gasteiger charge is -2.34. The second-order valence-corrected chi connectivity index (χ2v) is 6.43. The quantitative estimate of drug-likeness (QED) is 0.761. The second kappa shape index (κ2) is 6.07. The Kier molecular flexibility index (Phi) is 4.54. The molecule has 1 fully saturated rings. The fourth-order valence-corrected chi connectivity index (χ4v) is 3.00. The van der Waals surface area contributed by atoms with E-state index in [-0.39, 0.29) is 42.6 Å². The first kappa shape index (κ1) is 16.5. The molecular weight excluding hydrogens is 316 g/mol. The Bertz CT molecular complexity index is 694. The Morgan fingerprint density at radius 1 is 1.50 bits per heavy atom. The van der Waals surface area contributed by atoms with E-state index in [0.717, 1.165) is 6.07 Å². The number of rotatable bonds is 4. The summed E-state index contributed by atoms with van der Waals surface area (Å²) in [7, 11) is -3.99. The summed E-state index contributed by atoms with van der Waals surface area (Å²) in [5.74, 6) is -1.84. The van der Waals surface area contributed by atoms with Crippen LogP contribution in [0.3, 0.4) is 0 Å². The van der Waals surface area contributed by atoms with Gasteiger partial charge in [-0.15, -0.1) is 0 Å². The summed E-state index contributed by atoms with van der Waals surface area (Å²) in [5.41, 5.74) is 0. The number of carboxylic acids is 1. The van der Waals surface area contributed by atoms with Crippen molar-refractivity contribution in [3.63, 3.8) is 0 Å². The van der Waals surface area contributed by atoms with Crippen LogP contribution in [0.25, 0.3) is 0 Å². The number of carbonyl (C=O) groups excluding carboxylic acids is 1. The molecule has 0 aromatic carbocycles. The van der Waals surface area contributed by atoms with E-state index in [9.17, 15) is 18.0 Å². The maximum Gasteiger partial charge on any atom is 0.305 e. The molecule has 1 saturated heterocycles. The minimum Gasteiger partial charge on any atom is -0.481 e. The number of morpholine rings is 1. The highest BCUT2D eigenvalue weighted by Crippen LogP contribution is 2.22. The molecule has 10 heteroatoms. The predicted octanol–water partition coefficient (Wildman–Crippen LogP) is -0.449. The molecule has 9 nitrogen and oxygen atoms in total. The minimum atomic E-state index is -3.99. The number of hydrogen-bond donors (Lipinski definition) is 2. The van der Waals surface area contributed by atoms with E-state index in [1.807, 2.05) is 0 Å². The summed E-state index contributed by atoms with van der Waals surface area (Å²) in [6.45, 7) is 1.94. The zero-order chi connectivity index (χ0) is 16.5. The molecule has 1 atom stereocenters. The topological polar surface area (TPSA) is 140 Å². The summed E-state index contributed by atoms with van der Waals surface area (Å²) in [4.78, 5) is 24.3. The fourth-order valence-electron chi connectivity index (χ4n) is 2.29. The molecule has 0 spiro atoms. The summed E-state index contributed by atoms with van der Waals surface area (Å²) in [6.07, 6.45) is -0.270. The number of carbonyl (C=O) groups is 2. The Balaban J connectivity index is 2.28. The van der Waals surface area contributed by atoms with Gasteiger partial charge in [0.25, 0.3) is 5.91 Å². The van der Waals surface area contributed by atoms with Crippen LogP contribution in [0, 0.1) is 6.92 Å². The number of hydrogen-bond acceptors (Lipinski definition) is 6. The summed E-state index contributed by atoms with van der Waals surface area (Å²) < 4.78 is 33.1. The van der Waals surface area contributed by atoms with Crippen LogP contribution in [0.5, 0.6) is 0 Å². The van der Waals surface area contributed by atoms with Crippen LogP contribution >= 0.6 is 0 Å². The molecule has 1 aromatic rings. The van der Waals surface area contributed by atoms with Gasteiger partial charge in [0.05, 0.1) is 25.7 Å². The monoisotopic (exact) mass is 332 g/mol. The lowest BCUT2D eigenvalue weighted by atomic mass is 10.1. The summed E-state index contributed by atoms with van der Waals surface area (Å²) in [5, 5.41) is 13.9. The lowest BCUT2D eigenvalue weighted by molar-refractivity contribution is -0.139. The highest BCUT2D eigenvalue weighted by atomic mass is 32.2. The van der Waals surface area contributed by atoms with Gasteiger partial charge >= 0.3 is 5.97 Å². The minimum absolute atomic E-state index is 0.00824. The van der Waals surface area contributed by atoms with Crippen molar-refractivity contribution in [3.8, 4) is 0 Å². The molecule has 1 aliphatic rings. The van der Waals surface area contributed by atoms with Gasteiger partial charge in [-0.2, -0.15) is 0 Å². The van der Waals surface area contributed by atoms with Gasteiger partial charge in [0, 0.05) is 12.6 Å². The zero-order valence-electron chi connectivity index (χ0n) is 11.8. The number of nitrogens with two attached hydrogens (primary N) is 1. The van der Waals surface area contributed by atoms with E-state index in [0.29, 0.717) is 0 Å². The predicted molar refractivity (Wildman–Crippen MR) is 72.7 cm³/mol. The summed E-state index contributed by atoms with van der Waals surface area (Å²) in [6, 6.07) is 0.419. The Morgan fingerprint density at radius 2 is 2.18 bits per heavy atom. The van der Waals surface area contributed by atoms with Crippen LogP contribution in [0.2, 0.25) is 0 Å². The van der Waals surface area contributed by atoms with Gasteiger partial charge in [-0.3, -0.25) is 9.59 Å². The number of amides is 1. The third-order valence-corrected chi connectivity index (χ3v) is 4.31. The van der Waals surface area contributed by atoms with E-state index in [4.69, 9.17) is 19.4 Å². The third kappa shape index (κ3) is 3.46. The van der Waals surface area contributed by atoms with Crippen molar-refractivity contribution < 1.29 is 32.3 Å². The van der Waals surface area contributed by atoms with Crippen molar-refractivity contribution in [1.29, 1.82) is 0 Å². The van der Waals surface area contributed by atoms with Gasteiger partial charge in [-0.25, -0.2) is 13.6 Å². The molecule has 1 aliphatic heterocycles. The molecular formula is C12H16N2O7S. The van der Waals surface area contributed by atoms with Gasteiger partial charge in [0.2, 0.25) is 10.0 Å². The van der Waals surface area contributed by atoms with Gasteiger partial charge < -0.3 is 19.2 Å². The smallest absolute Gasteiger partial charge is 0.305 e. The molecule has 1 unspecified atom stereocenters. The first-order chi connectivity index (χ1) is 10.2. The molecule has 2 heterocycles. The van der Waals surface area contributed by atoms with E-state index < -0.39 is 27.9 Å². The molecule has 122 valence electrons. The van der Waals surface area contributed by atoms with Crippen LogP contribution in [-0.2, 0) is 19.6 Å². The van der Waals surface area contributed by atoms with Crippen molar-refractivity contribution in [3.05, 3.63) is 17.6 Å². The fraction of sp³-hybridized carbons (Fsp3) is 0.500. The van der Waals surface area contributed by atoms with Crippen LogP contribution < -0.4 is 5.14 Å². The van der Waals surface area contributed by atoms with E-state index in [1.54, 1.807) is 0 Å². The van der Waals surface area contributed by atoms with Crippen LogP contribution in [0.15, 0.2) is 15.4 Å². The molecule has 2 rings (SSSR count). The Hall–Kier alpha value is -1.91. The largest absolute Gasteiger partial charge is 0.481 e. The molecule has 1 amide bonds. The number of primary sulfonamides is 1. The zero-order valence-corrected chi connectivity index (χ0v) is 12.6. The first-order valence-corrected chi connectivity index (χ1v) is 7.98. The average molecular weight is 332 g/mol. The highest BCUT2D eigenvalue weighted by Gasteiger charge is 2.32. The van der Waals surface area contributed by atoms with Crippen LogP contribution in [0.1, 0.15) is 22.7 Å². The second-order valence-electron chi connectivity index (χ2n) is 4.90. The van der Waals surface area contributed by atoms with Crippen molar-refractivity contribution in [2.24, 2.45) is 5.14 Å². The molecule has 3 N–H and O–H groups in total. The van der Waals surface area contributed by atoms with Crippen molar-refractivity contribution in [2.45, 2.75) is 24.3 Å². The summed E-state index contributed by atoms with van der Waals surface area (Å²) >= 11 is 0. The van der Waals surface area contributed by atoms with Gasteiger partial charge in [0.15, 0.2) is 5.76 Å². The average Bonchev–Trinajstić information content (AvgIpc) is 2.80. The molecule has 0 aliphatic carbocycles. The maximum atomic E-state index is 12.4. The van der Waals surface area contributed by atoms with E-state index in [2.05, 4.69) is 0 Å². The molecule has 22 heavy (non-hydrogen) atoms. The Morgan fingerprint density at radius 3 is 2.73 bits per heavy atom. The number of nitrogens with zero attached hydrogens (tertiary/aromatic N) is 1. The number of aryl methyl sites for hydroxylation is 1. The third-order valence-electron chi connectivity index (χ3n) is 3.29. The number of furan rings is 1. The van der Waals surface area contributed by atoms with Gasteiger partial charge in [0.1, 0.15) is 10.7 Å². The lowest BCUT2D eigenvalue weighted by Crippen LogP contribution is -2.49. The van der Waals surface area contributed by atoms with E-state index >= 15 is 0 Å². The van der Waals surface area contributed by atoms with E-state index in [1.165, 1.54) is 11.8 Å². The standard InChI is InChI=1S/C12H16N2O7S/c1-7-10(22(13,18)19)5-9(21-7)12(17)14-2-3-20-6-8(14)4-11(15)16/h5,8H,2-4,6H2,1H3,(H,15,16)(H2,13,18,19). The van der Waals surface area contributed by atoms with Crippen LogP contribution in [0.4, 0.5) is 0 Å². The molecule has 0 radical (unpaired) electrons. The number of sulfonamides is 1. The normalized spacial score (nSPS) is 19.2. The SMILES string of the molecule is Cc1oc(C(=O)N2CCOCC2CC(=O)O)cc1S(N)(=O)=O. The highest BCUT2D eigenvalue weighted by molar-refractivity contribution is 7.89. The van der Waals surface area contributed by atoms with Crippen molar-refractivity contribution in [2.75, 3.05) is 19.8 Å². The van der Waals surface area contributed by atoms with Gasteiger partial charge in [-0.05, 0) is 6.92 Å². The van der Waals surface area contributed by atoms with Crippen molar-refractivity contribution in [1.82, 2.24) is 4.90 Å². The number of aliphatic carboxylic acids is 1. The molecule has 0 bridgehead atoms.